The van der Waals surface area contributed by atoms with Crippen molar-refractivity contribution in [1.82, 2.24) is 0 Å². The monoisotopic (exact) mass is 235 g/mol. The summed E-state index contributed by atoms with van der Waals surface area (Å²) in [5, 5.41) is 0. The van der Waals surface area contributed by atoms with Crippen LogP contribution in [0.25, 0.3) is 0 Å². The Hall–Kier alpha value is -0.130. The van der Waals surface area contributed by atoms with Gasteiger partial charge in [-0.2, -0.15) is 0 Å². The fraction of sp³-hybridized carbons (Fsp3) is 1.00. The average Bonchev–Trinajstić information content (AvgIpc) is 2.22. The first-order chi connectivity index (χ1) is 6.65. The molecule has 2 N–H and O–H groups in total. The summed E-state index contributed by atoms with van der Waals surface area (Å²) in [6, 6.07) is 0. The van der Waals surface area contributed by atoms with Crippen molar-refractivity contribution in [2.45, 2.75) is 38.9 Å². The van der Waals surface area contributed by atoms with Crippen LogP contribution >= 0.6 is 0 Å². The van der Waals surface area contributed by atoms with Crippen LogP contribution in [-0.2, 0) is 14.7 Å². The van der Waals surface area contributed by atoms with E-state index in [-0.39, 0.29) is 17.1 Å². The van der Waals surface area contributed by atoms with Crippen molar-refractivity contribution in [2.24, 2.45) is 17.2 Å². The summed E-state index contributed by atoms with van der Waals surface area (Å²) in [4.78, 5) is 4.69. The zero-order valence-electron chi connectivity index (χ0n) is 9.91. The molecule has 0 amide bonds. The summed E-state index contributed by atoms with van der Waals surface area (Å²) in [6.45, 7) is 8.01. The molecule has 1 unspecified atom stereocenters. The van der Waals surface area contributed by atoms with Gasteiger partial charge in [-0.1, -0.05) is 13.8 Å². The Morgan fingerprint density at radius 1 is 1.47 bits per heavy atom. The molecule has 0 radical (unpaired) electrons. The van der Waals surface area contributed by atoms with Gasteiger partial charge in [-0.3, -0.25) is 0 Å². The molecule has 4 nitrogen and oxygen atoms in total. The first kappa shape index (κ1) is 12.9. The highest BCUT2D eigenvalue weighted by atomic mass is 32.2. The summed E-state index contributed by atoms with van der Waals surface area (Å²) in [6.07, 6.45) is 0.700. The predicted octanol–water partition coefficient (Wildman–Crippen LogP) is 1.12. The second-order valence-corrected chi connectivity index (χ2v) is 8.25. The number of hydrogen-bond acceptors (Lipinski definition) is 4. The van der Waals surface area contributed by atoms with Gasteiger partial charge in [-0.15, -0.1) is 0 Å². The van der Waals surface area contributed by atoms with Crippen LogP contribution in [0.15, 0.2) is 0 Å². The minimum atomic E-state index is -2.97. The molecule has 1 rings (SSSR count). The molecule has 1 saturated heterocycles. The van der Waals surface area contributed by atoms with Gasteiger partial charge in [0, 0.05) is 0 Å². The lowest BCUT2D eigenvalue weighted by Gasteiger charge is -2.38. The Kier molecular flexibility index (Phi) is 3.20. The van der Waals surface area contributed by atoms with E-state index in [1.807, 2.05) is 13.8 Å². The van der Waals surface area contributed by atoms with Crippen LogP contribution in [0, 0.1) is 11.3 Å². The van der Waals surface area contributed by atoms with Crippen molar-refractivity contribution in [2.75, 3.05) is 12.4 Å². The maximum atomic E-state index is 11.9. The molecule has 0 aromatic carbocycles. The van der Waals surface area contributed by atoms with Crippen LogP contribution in [0.4, 0.5) is 0 Å². The smallest absolute Gasteiger partial charge is 0.155 e. The second kappa shape index (κ2) is 3.71. The third-order valence-corrected chi connectivity index (χ3v) is 6.38. The van der Waals surface area contributed by atoms with Gasteiger partial charge >= 0.3 is 0 Å². The van der Waals surface area contributed by atoms with Gasteiger partial charge in [0.1, 0.15) is 0 Å². The van der Waals surface area contributed by atoms with Crippen LogP contribution in [0.5, 0.6) is 0 Å². The van der Waals surface area contributed by atoms with E-state index in [0.717, 1.165) is 0 Å². The lowest BCUT2D eigenvalue weighted by atomic mass is 9.72. The topological polar surface area (TPSA) is 69.4 Å². The van der Waals surface area contributed by atoms with Crippen LogP contribution in [0.3, 0.4) is 0 Å². The van der Waals surface area contributed by atoms with E-state index < -0.39 is 14.6 Å². The van der Waals surface area contributed by atoms with E-state index >= 15 is 0 Å². The van der Waals surface area contributed by atoms with E-state index in [4.69, 9.17) is 5.90 Å². The molecule has 0 aromatic rings. The van der Waals surface area contributed by atoms with Gasteiger partial charge < -0.3 is 4.84 Å². The Morgan fingerprint density at radius 2 is 2.00 bits per heavy atom. The highest BCUT2D eigenvalue weighted by Crippen LogP contribution is 2.47. The Morgan fingerprint density at radius 3 is 2.33 bits per heavy atom. The Balaban J connectivity index is 3.01. The van der Waals surface area contributed by atoms with Gasteiger partial charge in [0.15, 0.2) is 9.84 Å². The maximum absolute atomic E-state index is 11.9. The molecule has 1 fully saturated rings. The van der Waals surface area contributed by atoms with Crippen molar-refractivity contribution in [3.63, 3.8) is 0 Å². The zero-order valence-corrected chi connectivity index (χ0v) is 10.7. The lowest BCUT2D eigenvalue weighted by molar-refractivity contribution is 0.0199. The average molecular weight is 235 g/mol. The van der Waals surface area contributed by atoms with Crippen molar-refractivity contribution in [1.29, 1.82) is 0 Å². The molecule has 1 heterocycles. The van der Waals surface area contributed by atoms with Crippen molar-refractivity contribution >= 4 is 9.84 Å². The van der Waals surface area contributed by atoms with Crippen LogP contribution < -0.4 is 5.90 Å². The van der Waals surface area contributed by atoms with E-state index in [0.29, 0.717) is 13.0 Å². The highest BCUT2D eigenvalue weighted by molar-refractivity contribution is 7.93. The zero-order chi connectivity index (χ0) is 11.9. The fourth-order valence-electron chi connectivity index (χ4n) is 2.75. The molecule has 1 atom stereocenters. The van der Waals surface area contributed by atoms with Crippen LogP contribution in [0.1, 0.15) is 34.1 Å². The van der Waals surface area contributed by atoms with Crippen molar-refractivity contribution in [3.05, 3.63) is 0 Å². The molecule has 0 bridgehead atoms. The summed E-state index contributed by atoms with van der Waals surface area (Å²) in [5.74, 6) is 5.46. The number of hydrogen-bond donors (Lipinski definition) is 1. The Labute approximate surface area is 92.1 Å². The second-order valence-electron chi connectivity index (χ2n) is 5.56. The van der Waals surface area contributed by atoms with Gasteiger partial charge in [0.2, 0.25) is 0 Å². The molecular formula is C10H21NO3S. The third kappa shape index (κ3) is 2.05. The summed E-state index contributed by atoms with van der Waals surface area (Å²) in [5.41, 5.74) is -0.207. The molecule has 5 heteroatoms. The minimum Gasteiger partial charge on any atom is -0.304 e. The minimum absolute atomic E-state index is 0.0959. The molecule has 1 aliphatic rings. The molecule has 15 heavy (non-hydrogen) atoms. The van der Waals surface area contributed by atoms with E-state index in [2.05, 4.69) is 4.84 Å². The quantitative estimate of drug-likeness (QED) is 0.744. The summed E-state index contributed by atoms with van der Waals surface area (Å²) in [7, 11) is -2.97. The van der Waals surface area contributed by atoms with Crippen molar-refractivity contribution in [3.8, 4) is 0 Å². The number of rotatable bonds is 3. The first-order valence-electron chi connectivity index (χ1n) is 5.19. The SMILES string of the molecule is CC(C)(CON)C1CCS(=O)(=O)C1(C)C. The summed E-state index contributed by atoms with van der Waals surface area (Å²) < 4.78 is 23.1. The molecule has 0 spiro atoms. The molecule has 0 aromatic heterocycles. The summed E-state index contributed by atoms with van der Waals surface area (Å²) >= 11 is 0. The van der Waals surface area contributed by atoms with E-state index in [1.165, 1.54) is 0 Å². The van der Waals surface area contributed by atoms with Gasteiger partial charge in [-0.05, 0) is 31.6 Å². The maximum Gasteiger partial charge on any atom is 0.155 e. The number of sulfone groups is 1. The standard InChI is InChI=1S/C10H21NO3S/c1-9(2,7-14-11)8-5-6-15(12,13)10(8,3)4/h8H,5-7,11H2,1-4H3. The van der Waals surface area contributed by atoms with Crippen molar-refractivity contribution < 1.29 is 13.3 Å². The lowest BCUT2D eigenvalue weighted by Crippen LogP contribution is -2.43. The van der Waals surface area contributed by atoms with Gasteiger partial charge in [0.25, 0.3) is 0 Å². The highest BCUT2D eigenvalue weighted by Gasteiger charge is 2.53. The predicted molar refractivity (Wildman–Crippen MR) is 59.9 cm³/mol. The Bertz CT molecular complexity index is 333. The van der Waals surface area contributed by atoms with E-state index in [1.54, 1.807) is 13.8 Å². The fourth-order valence-corrected chi connectivity index (χ4v) is 4.69. The van der Waals surface area contributed by atoms with Crippen LogP contribution in [-0.4, -0.2) is 25.5 Å². The molecule has 90 valence electrons. The third-order valence-electron chi connectivity index (χ3n) is 3.71. The van der Waals surface area contributed by atoms with Crippen LogP contribution in [0.2, 0.25) is 0 Å². The largest absolute Gasteiger partial charge is 0.304 e. The number of nitrogens with two attached hydrogens (primary N) is 1. The van der Waals surface area contributed by atoms with Gasteiger partial charge in [-0.25, -0.2) is 14.3 Å². The normalized spacial score (nSPS) is 29.3. The van der Waals surface area contributed by atoms with E-state index in [9.17, 15) is 8.42 Å². The molecular weight excluding hydrogens is 214 g/mol. The molecule has 0 saturated carbocycles. The first-order valence-corrected chi connectivity index (χ1v) is 6.84. The molecule has 1 aliphatic heterocycles. The van der Waals surface area contributed by atoms with Gasteiger partial charge in [0.05, 0.1) is 17.1 Å². The molecule has 0 aliphatic carbocycles.